The third kappa shape index (κ3) is 2.94. The van der Waals surface area contributed by atoms with Gasteiger partial charge in [0.05, 0.1) is 10.7 Å². The van der Waals surface area contributed by atoms with E-state index in [0.29, 0.717) is 16.3 Å². The van der Waals surface area contributed by atoms with Gasteiger partial charge in [0.1, 0.15) is 5.88 Å². The number of ketones is 1. The minimum absolute atomic E-state index is 0.164. The summed E-state index contributed by atoms with van der Waals surface area (Å²) < 4.78 is 0. The molecule has 0 bridgehead atoms. The molecule has 15 heavy (non-hydrogen) atoms. The zero-order chi connectivity index (χ0) is 11.4. The van der Waals surface area contributed by atoms with Gasteiger partial charge in [0.15, 0.2) is 5.78 Å². The third-order valence-corrected chi connectivity index (χ3v) is 2.34. The topological polar surface area (TPSA) is 46.2 Å². The molecule has 0 atom stereocenters. The quantitative estimate of drug-likeness (QED) is 0.658. The van der Waals surface area contributed by atoms with E-state index < -0.39 is 5.91 Å². The Hall–Kier alpha value is -1.06. The number of benzene rings is 1. The first-order valence-corrected chi connectivity index (χ1v) is 5.12. The number of rotatable bonds is 3. The second-order valence-electron chi connectivity index (χ2n) is 2.90. The largest absolute Gasteiger partial charge is 0.323 e. The average Bonchev–Trinajstić information content (AvgIpc) is 2.20. The van der Waals surface area contributed by atoms with Crippen LogP contribution in [-0.2, 0) is 4.79 Å². The van der Waals surface area contributed by atoms with Gasteiger partial charge in [-0.1, -0.05) is 17.7 Å². The van der Waals surface area contributed by atoms with Gasteiger partial charge < -0.3 is 5.32 Å². The molecule has 0 aliphatic carbocycles. The standard InChI is InChI=1S/C10H9Cl2NO2/c1-6(14)7-3-2-4-8(12)10(7)13-9(15)5-11/h2-4H,5H2,1H3,(H,13,15). The first-order chi connectivity index (χ1) is 7.06. The molecule has 1 amide bonds. The Morgan fingerprint density at radius 2 is 2.07 bits per heavy atom. The number of para-hydroxylation sites is 1. The molecular weight excluding hydrogens is 237 g/mol. The molecule has 1 rings (SSSR count). The van der Waals surface area contributed by atoms with Crippen molar-refractivity contribution in [3.63, 3.8) is 0 Å². The maximum Gasteiger partial charge on any atom is 0.239 e. The molecule has 0 aromatic heterocycles. The number of amides is 1. The van der Waals surface area contributed by atoms with Crippen LogP contribution < -0.4 is 5.32 Å². The van der Waals surface area contributed by atoms with Gasteiger partial charge in [-0.2, -0.15) is 0 Å². The lowest BCUT2D eigenvalue weighted by Crippen LogP contribution is -2.15. The Morgan fingerprint density at radius 3 is 2.60 bits per heavy atom. The monoisotopic (exact) mass is 245 g/mol. The molecule has 0 saturated heterocycles. The van der Waals surface area contributed by atoms with E-state index in [1.165, 1.54) is 6.92 Å². The van der Waals surface area contributed by atoms with E-state index in [9.17, 15) is 9.59 Å². The number of carbonyl (C=O) groups is 2. The van der Waals surface area contributed by atoms with Gasteiger partial charge in [-0.05, 0) is 19.1 Å². The van der Waals surface area contributed by atoms with E-state index in [2.05, 4.69) is 5.32 Å². The van der Waals surface area contributed by atoms with E-state index >= 15 is 0 Å². The molecule has 80 valence electrons. The molecule has 5 heteroatoms. The van der Waals surface area contributed by atoms with Crippen LogP contribution in [-0.4, -0.2) is 17.6 Å². The van der Waals surface area contributed by atoms with E-state index in [1.807, 2.05) is 0 Å². The molecule has 3 nitrogen and oxygen atoms in total. The minimum Gasteiger partial charge on any atom is -0.323 e. The Morgan fingerprint density at radius 1 is 1.40 bits per heavy atom. The van der Waals surface area contributed by atoms with Crippen molar-refractivity contribution in [2.75, 3.05) is 11.2 Å². The van der Waals surface area contributed by atoms with Crippen LogP contribution in [0.5, 0.6) is 0 Å². The van der Waals surface area contributed by atoms with Crippen molar-refractivity contribution < 1.29 is 9.59 Å². The number of carbonyl (C=O) groups excluding carboxylic acids is 2. The summed E-state index contributed by atoms with van der Waals surface area (Å²) in [6, 6.07) is 4.84. The second-order valence-corrected chi connectivity index (χ2v) is 3.57. The number of hydrogen-bond acceptors (Lipinski definition) is 2. The summed E-state index contributed by atoms with van der Waals surface area (Å²) in [5, 5.41) is 2.81. The fraction of sp³-hybridized carbons (Fsp3) is 0.200. The van der Waals surface area contributed by atoms with Crippen molar-refractivity contribution in [3.05, 3.63) is 28.8 Å². The SMILES string of the molecule is CC(=O)c1cccc(Cl)c1NC(=O)CCl. The molecule has 1 aromatic carbocycles. The summed E-state index contributed by atoms with van der Waals surface area (Å²) in [5.74, 6) is -0.739. The summed E-state index contributed by atoms with van der Waals surface area (Å²) in [4.78, 5) is 22.3. The Balaban J connectivity index is 3.13. The van der Waals surface area contributed by atoms with Gasteiger partial charge in [-0.3, -0.25) is 9.59 Å². The molecule has 0 aliphatic rings. The Bertz CT molecular complexity index is 404. The van der Waals surface area contributed by atoms with E-state index in [4.69, 9.17) is 23.2 Å². The van der Waals surface area contributed by atoms with Crippen molar-refractivity contribution in [1.82, 2.24) is 0 Å². The van der Waals surface area contributed by atoms with Crippen molar-refractivity contribution in [3.8, 4) is 0 Å². The van der Waals surface area contributed by atoms with Gasteiger partial charge in [0.25, 0.3) is 0 Å². The number of nitrogens with one attached hydrogen (secondary N) is 1. The van der Waals surface area contributed by atoms with E-state index in [-0.39, 0.29) is 11.7 Å². The van der Waals surface area contributed by atoms with Crippen LogP contribution in [0.3, 0.4) is 0 Å². The molecule has 1 N–H and O–H groups in total. The Labute approximate surface area is 97.4 Å². The van der Waals surface area contributed by atoms with Crippen molar-refractivity contribution in [1.29, 1.82) is 0 Å². The lowest BCUT2D eigenvalue weighted by molar-refractivity contribution is -0.113. The number of halogens is 2. The predicted octanol–water partition coefficient (Wildman–Crippen LogP) is 2.72. The zero-order valence-corrected chi connectivity index (χ0v) is 9.52. The van der Waals surface area contributed by atoms with Crippen LogP contribution in [0.1, 0.15) is 17.3 Å². The van der Waals surface area contributed by atoms with Crippen LogP contribution >= 0.6 is 23.2 Å². The predicted molar refractivity (Wildman–Crippen MR) is 60.8 cm³/mol. The van der Waals surface area contributed by atoms with Crippen LogP contribution in [0.4, 0.5) is 5.69 Å². The highest BCUT2D eigenvalue weighted by molar-refractivity contribution is 6.35. The third-order valence-electron chi connectivity index (χ3n) is 1.78. The highest BCUT2D eigenvalue weighted by Crippen LogP contribution is 2.26. The lowest BCUT2D eigenvalue weighted by Gasteiger charge is -2.09. The molecule has 0 radical (unpaired) electrons. The van der Waals surface area contributed by atoms with E-state index in [0.717, 1.165) is 0 Å². The fourth-order valence-electron chi connectivity index (χ4n) is 1.12. The molecule has 0 unspecified atom stereocenters. The van der Waals surface area contributed by atoms with Gasteiger partial charge in [-0.15, -0.1) is 11.6 Å². The summed E-state index contributed by atoms with van der Waals surface area (Å²) in [7, 11) is 0. The molecule has 0 spiro atoms. The molecule has 1 aromatic rings. The van der Waals surface area contributed by atoms with Crippen LogP contribution in [0.15, 0.2) is 18.2 Å². The van der Waals surface area contributed by atoms with Crippen LogP contribution in [0.2, 0.25) is 5.02 Å². The van der Waals surface area contributed by atoms with Crippen LogP contribution in [0.25, 0.3) is 0 Å². The molecule has 0 saturated carbocycles. The number of Topliss-reactive ketones (excluding diaryl/α,β-unsaturated/α-hetero) is 1. The number of anilines is 1. The fourth-order valence-corrected chi connectivity index (χ4v) is 1.41. The van der Waals surface area contributed by atoms with Crippen LogP contribution in [0, 0.1) is 0 Å². The smallest absolute Gasteiger partial charge is 0.239 e. The number of hydrogen-bond donors (Lipinski definition) is 1. The molecule has 0 aliphatic heterocycles. The zero-order valence-electron chi connectivity index (χ0n) is 8.01. The summed E-state index contributed by atoms with van der Waals surface area (Å²) in [6.07, 6.45) is 0. The molecular formula is C10H9Cl2NO2. The highest BCUT2D eigenvalue weighted by Gasteiger charge is 2.12. The molecule has 0 heterocycles. The maximum atomic E-state index is 11.2. The van der Waals surface area contributed by atoms with Gasteiger partial charge in [-0.25, -0.2) is 0 Å². The number of alkyl halides is 1. The van der Waals surface area contributed by atoms with Crippen molar-refractivity contribution >= 4 is 40.6 Å². The maximum absolute atomic E-state index is 11.2. The van der Waals surface area contributed by atoms with Gasteiger partial charge >= 0.3 is 0 Å². The lowest BCUT2D eigenvalue weighted by atomic mass is 10.1. The first kappa shape index (κ1) is 12.0. The van der Waals surface area contributed by atoms with Gasteiger partial charge in [0.2, 0.25) is 5.91 Å². The first-order valence-electron chi connectivity index (χ1n) is 4.21. The second kappa shape index (κ2) is 5.14. The minimum atomic E-state index is -0.396. The summed E-state index contributed by atoms with van der Waals surface area (Å²) in [5.41, 5.74) is 0.693. The molecule has 0 fully saturated rings. The normalized spacial score (nSPS) is 9.80. The Kier molecular flexibility index (Phi) is 4.12. The summed E-state index contributed by atoms with van der Waals surface area (Å²) >= 11 is 11.2. The summed E-state index contributed by atoms with van der Waals surface area (Å²) in [6.45, 7) is 1.40. The van der Waals surface area contributed by atoms with Crippen molar-refractivity contribution in [2.24, 2.45) is 0 Å². The average molecular weight is 246 g/mol. The van der Waals surface area contributed by atoms with Gasteiger partial charge in [0, 0.05) is 5.56 Å². The van der Waals surface area contributed by atoms with Crippen molar-refractivity contribution in [2.45, 2.75) is 6.92 Å². The van der Waals surface area contributed by atoms with E-state index in [1.54, 1.807) is 18.2 Å². The highest BCUT2D eigenvalue weighted by atomic mass is 35.5.